The summed E-state index contributed by atoms with van der Waals surface area (Å²) in [6.07, 6.45) is 1.27. The number of aliphatic imine (C=N–C) groups is 1. The minimum absolute atomic E-state index is 0.155. The molecule has 2 aromatic heterocycles. The normalized spacial score (nSPS) is 13.9. The number of hydrogen-bond acceptors (Lipinski definition) is 7. The summed E-state index contributed by atoms with van der Waals surface area (Å²) < 4.78 is 4.18. The van der Waals surface area contributed by atoms with E-state index in [-0.39, 0.29) is 11.3 Å². The summed E-state index contributed by atoms with van der Waals surface area (Å²) >= 11 is 0. The van der Waals surface area contributed by atoms with Crippen molar-refractivity contribution in [1.29, 1.82) is 0 Å². The number of aryl methyl sites for hydroxylation is 3. The van der Waals surface area contributed by atoms with Crippen LogP contribution in [0.3, 0.4) is 0 Å². The van der Waals surface area contributed by atoms with Crippen molar-refractivity contribution in [3.8, 4) is 11.6 Å². The van der Waals surface area contributed by atoms with Crippen molar-refractivity contribution in [3.05, 3.63) is 109 Å². The van der Waals surface area contributed by atoms with Crippen LogP contribution >= 0.6 is 0 Å². The Morgan fingerprint density at radius 1 is 0.810 bits per heavy atom. The maximum Gasteiger partial charge on any atom is 0.335 e. The first-order valence-electron chi connectivity index (χ1n) is 13.7. The Bertz CT molecular complexity index is 1990. The van der Waals surface area contributed by atoms with Crippen molar-refractivity contribution in [3.63, 3.8) is 0 Å². The average Bonchev–Trinajstić information content (AvgIpc) is 3.21. The summed E-state index contributed by atoms with van der Waals surface area (Å²) in [7, 11) is 3.43. The number of aromatic amines is 1. The van der Waals surface area contributed by atoms with Crippen molar-refractivity contribution in [2.24, 2.45) is 19.1 Å². The number of fused-ring (bicyclic) bond motifs is 1. The van der Waals surface area contributed by atoms with Gasteiger partial charge in [0.05, 0.1) is 28.1 Å². The zero-order valence-electron chi connectivity index (χ0n) is 23.6. The molecule has 3 aromatic carbocycles. The molecule has 1 saturated heterocycles. The lowest BCUT2D eigenvalue weighted by molar-refractivity contribution is 0.430. The van der Waals surface area contributed by atoms with Gasteiger partial charge in [-0.1, -0.05) is 35.9 Å². The van der Waals surface area contributed by atoms with Gasteiger partial charge in [0.2, 0.25) is 5.88 Å². The van der Waals surface area contributed by atoms with E-state index in [0.717, 1.165) is 40.1 Å². The molecule has 0 amide bonds. The van der Waals surface area contributed by atoms with Crippen LogP contribution in [0.15, 0.2) is 86.1 Å². The standard InChI is InChI=1S/C31H31N7O4/c1-20-9-11-22(12-10-20)38-29(40)23(28(39)33-30(38)41)19-32-24-17-26-27(35(3)31(42)34(26)2)18-25(24)37-15-13-36(14-16-37)21-7-5-4-6-8-21/h4-12,17-19,40H,13-16H2,1-3H3,(H,33,39,41). The van der Waals surface area contributed by atoms with Crippen LogP contribution in [0.25, 0.3) is 16.7 Å². The van der Waals surface area contributed by atoms with Crippen molar-refractivity contribution < 1.29 is 5.11 Å². The SMILES string of the molecule is Cc1ccc(-n2c(O)c(C=Nc3cc4c(cc3N3CCN(c5ccccc5)CC3)n(C)c(=O)n4C)c(=O)[nH]c2=O)cc1. The Balaban J connectivity index is 1.42. The molecule has 214 valence electrons. The lowest BCUT2D eigenvalue weighted by Gasteiger charge is -2.37. The molecule has 1 aliphatic rings. The second-order valence-electron chi connectivity index (χ2n) is 10.5. The van der Waals surface area contributed by atoms with E-state index in [2.05, 4.69) is 31.9 Å². The van der Waals surface area contributed by atoms with E-state index in [1.165, 1.54) is 6.21 Å². The predicted octanol–water partition coefficient (Wildman–Crippen LogP) is 2.81. The number of rotatable bonds is 5. The Labute approximate surface area is 240 Å². The quantitative estimate of drug-likeness (QED) is 0.316. The van der Waals surface area contributed by atoms with Crippen molar-refractivity contribution >= 4 is 34.3 Å². The molecule has 0 saturated carbocycles. The summed E-state index contributed by atoms with van der Waals surface area (Å²) in [5, 5.41) is 11.0. The summed E-state index contributed by atoms with van der Waals surface area (Å²) in [4.78, 5) is 49.7. The molecule has 3 heterocycles. The van der Waals surface area contributed by atoms with Gasteiger partial charge in [0.25, 0.3) is 5.56 Å². The van der Waals surface area contributed by atoms with Gasteiger partial charge >= 0.3 is 11.4 Å². The average molecular weight is 566 g/mol. The number of para-hydroxylation sites is 1. The first kappa shape index (κ1) is 26.9. The highest BCUT2D eigenvalue weighted by Crippen LogP contribution is 2.34. The monoisotopic (exact) mass is 565 g/mol. The summed E-state index contributed by atoms with van der Waals surface area (Å²) in [6, 6.07) is 21.0. The topological polar surface area (TPSA) is 121 Å². The number of imidazole rings is 1. The van der Waals surface area contributed by atoms with E-state index in [1.54, 1.807) is 35.4 Å². The molecule has 11 nitrogen and oxygen atoms in total. The zero-order valence-corrected chi connectivity index (χ0v) is 23.6. The van der Waals surface area contributed by atoms with E-state index >= 15 is 0 Å². The van der Waals surface area contributed by atoms with Crippen LogP contribution in [-0.2, 0) is 14.1 Å². The van der Waals surface area contributed by atoms with Crippen molar-refractivity contribution in [1.82, 2.24) is 18.7 Å². The lowest BCUT2D eigenvalue weighted by atomic mass is 10.1. The molecule has 1 fully saturated rings. The van der Waals surface area contributed by atoms with Gasteiger partial charge in [-0.15, -0.1) is 0 Å². The predicted molar refractivity (Wildman–Crippen MR) is 165 cm³/mol. The van der Waals surface area contributed by atoms with Gasteiger partial charge in [-0.25, -0.2) is 14.2 Å². The van der Waals surface area contributed by atoms with Gasteiger partial charge in [-0.05, 0) is 43.3 Å². The summed E-state index contributed by atoms with van der Waals surface area (Å²) in [6.45, 7) is 4.93. The maximum absolute atomic E-state index is 12.8. The first-order chi connectivity index (χ1) is 20.2. The number of anilines is 2. The second-order valence-corrected chi connectivity index (χ2v) is 10.5. The van der Waals surface area contributed by atoms with Crippen LogP contribution in [0.5, 0.6) is 5.88 Å². The van der Waals surface area contributed by atoms with Gasteiger partial charge in [0, 0.05) is 52.2 Å². The van der Waals surface area contributed by atoms with E-state index < -0.39 is 17.1 Å². The minimum Gasteiger partial charge on any atom is -0.493 e. The van der Waals surface area contributed by atoms with Crippen LogP contribution in [0.2, 0.25) is 0 Å². The van der Waals surface area contributed by atoms with Gasteiger partial charge < -0.3 is 14.9 Å². The Kier molecular flexibility index (Phi) is 6.77. The summed E-state index contributed by atoms with van der Waals surface area (Å²) in [5.74, 6) is -0.512. The highest BCUT2D eigenvalue weighted by atomic mass is 16.3. The largest absolute Gasteiger partial charge is 0.493 e. The van der Waals surface area contributed by atoms with Gasteiger partial charge in [0.15, 0.2) is 0 Å². The molecule has 6 rings (SSSR count). The number of nitrogens with zero attached hydrogens (tertiary/aromatic N) is 6. The summed E-state index contributed by atoms with van der Waals surface area (Å²) in [5.41, 5.74) is 3.51. The molecule has 5 aromatic rings. The molecule has 0 aliphatic carbocycles. The third-order valence-electron chi connectivity index (χ3n) is 7.86. The van der Waals surface area contributed by atoms with Crippen LogP contribution in [0.1, 0.15) is 11.1 Å². The van der Waals surface area contributed by atoms with Crippen LogP contribution in [0.4, 0.5) is 17.1 Å². The van der Waals surface area contributed by atoms with Crippen molar-refractivity contribution in [2.75, 3.05) is 36.0 Å². The third kappa shape index (κ3) is 4.68. The molecule has 0 unspecified atom stereocenters. The second kappa shape index (κ2) is 10.6. The fourth-order valence-electron chi connectivity index (χ4n) is 5.45. The molecular formula is C31H31N7O4. The van der Waals surface area contributed by atoms with E-state index in [1.807, 2.05) is 49.4 Å². The fraction of sp³-hybridized carbons (Fsp3) is 0.226. The number of hydrogen-bond donors (Lipinski definition) is 2. The smallest absolute Gasteiger partial charge is 0.335 e. The highest BCUT2D eigenvalue weighted by Gasteiger charge is 2.22. The molecule has 0 atom stereocenters. The number of piperazine rings is 1. The third-order valence-corrected chi connectivity index (χ3v) is 7.86. The Hall–Kier alpha value is -5.32. The lowest BCUT2D eigenvalue weighted by Crippen LogP contribution is -2.46. The molecule has 0 radical (unpaired) electrons. The molecule has 42 heavy (non-hydrogen) atoms. The Morgan fingerprint density at radius 2 is 1.43 bits per heavy atom. The number of benzene rings is 3. The van der Waals surface area contributed by atoms with Gasteiger partial charge in [0.1, 0.15) is 5.56 Å². The number of aromatic nitrogens is 4. The fourth-order valence-corrected chi connectivity index (χ4v) is 5.45. The van der Waals surface area contributed by atoms with E-state index in [9.17, 15) is 19.5 Å². The van der Waals surface area contributed by atoms with Crippen LogP contribution in [-0.4, -0.2) is 56.2 Å². The molecular weight excluding hydrogens is 534 g/mol. The highest BCUT2D eigenvalue weighted by molar-refractivity contribution is 5.92. The van der Waals surface area contributed by atoms with Crippen LogP contribution in [0, 0.1) is 6.92 Å². The zero-order chi connectivity index (χ0) is 29.5. The maximum atomic E-state index is 12.8. The number of aromatic hydroxyl groups is 1. The molecule has 11 heteroatoms. The molecule has 0 spiro atoms. The van der Waals surface area contributed by atoms with Gasteiger partial charge in [-0.2, -0.15) is 0 Å². The van der Waals surface area contributed by atoms with Crippen LogP contribution < -0.4 is 26.7 Å². The van der Waals surface area contributed by atoms with Gasteiger partial charge in [-0.3, -0.25) is 23.9 Å². The number of H-pyrrole nitrogens is 1. The first-order valence-corrected chi connectivity index (χ1v) is 13.7. The van der Waals surface area contributed by atoms with E-state index in [4.69, 9.17) is 0 Å². The molecule has 1 aliphatic heterocycles. The molecule has 2 N–H and O–H groups in total. The molecule has 0 bridgehead atoms. The van der Waals surface area contributed by atoms with E-state index in [0.29, 0.717) is 30.0 Å². The number of nitrogens with one attached hydrogen (secondary N) is 1. The Morgan fingerprint density at radius 3 is 2.10 bits per heavy atom. The minimum atomic E-state index is -0.754. The van der Waals surface area contributed by atoms with Crippen molar-refractivity contribution in [2.45, 2.75) is 6.92 Å².